The predicted octanol–water partition coefficient (Wildman–Crippen LogP) is 3.85. The Labute approximate surface area is 188 Å². The van der Waals surface area contributed by atoms with Gasteiger partial charge in [-0.1, -0.05) is 42.5 Å². The van der Waals surface area contributed by atoms with Crippen molar-refractivity contribution >= 4 is 17.5 Å². The molecule has 0 aromatic heterocycles. The van der Waals surface area contributed by atoms with Gasteiger partial charge < -0.3 is 14.7 Å². The van der Waals surface area contributed by atoms with Crippen LogP contribution in [0.25, 0.3) is 0 Å². The predicted molar refractivity (Wildman–Crippen MR) is 126 cm³/mol. The highest BCUT2D eigenvalue weighted by Crippen LogP contribution is 2.25. The minimum absolute atomic E-state index is 0.0326. The highest BCUT2D eigenvalue weighted by Gasteiger charge is 2.25. The van der Waals surface area contributed by atoms with Gasteiger partial charge in [0.1, 0.15) is 0 Å². The van der Waals surface area contributed by atoms with Crippen LogP contribution in [0.5, 0.6) is 0 Å². The van der Waals surface area contributed by atoms with Crippen LogP contribution in [0.3, 0.4) is 0 Å². The average molecular weight is 426 g/mol. The molecule has 5 heteroatoms. The number of rotatable bonds is 3. The molecule has 1 saturated heterocycles. The maximum atomic E-state index is 13.0. The van der Waals surface area contributed by atoms with Crippen LogP contribution in [-0.2, 0) is 13.0 Å². The van der Waals surface area contributed by atoms with Crippen molar-refractivity contribution in [3.63, 3.8) is 0 Å². The number of fused-ring (bicyclic) bond motifs is 1. The molecule has 0 spiro atoms. The number of anilines is 1. The average Bonchev–Trinajstić information content (AvgIpc) is 2.88. The Bertz CT molecular complexity index is 1100. The molecule has 3 aromatic rings. The van der Waals surface area contributed by atoms with Crippen LogP contribution in [-0.4, -0.2) is 54.3 Å². The maximum Gasteiger partial charge on any atom is 0.253 e. The molecule has 2 heterocycles. The summed E-state index contributed by atoms with van der Waals surface area (Å²) in [5.74, 6) is 0.0671. The van der Waals surface area contributed by atoms with E-state index in [1.54, 1.807) is 0 Å². The number of nitrogens with zero attached hydrogens (tertiary/aromatic N) is 3. The lowest BCUT2D eigenvalue weighted by molar-refractivity contribution is 0.0535. The number of carbonyl (C=O) groups excluding carboxylic acids is 2. The highest BCUT2D eigenvalue weighted by molar-refractivity contribution is 5.96. The smallest absolute Gasteiger partial charge is 0.253 e. The zero-order valence-corrected chi connectivity index (χ0v) is 18.1. The molecule has 0 N–H and O–H groups in total. The molecule has 32 heavy (non-hydrogen) atoms. The number of amides is 2. The van der Waals surface area contributed by atoms with Gasteiger partial charge in [0.15, 0.2) is 0 Å². The zero-order chi connectivity index (χ0) is 21.9. The van der Waals surface area contributed by atoms with E-state index in [0.717, 1.165) is 25.2 Å². The summed E-state index contributed by atoms with van der Waals surface area (Å²) >= 11 is 0. The van der Waals surface area contributed by atoms with Crippen LogP contribution in [0.1, 0.15) is 31.8 Å². The molecule has 0 atom stereocenters. The number of piperazine rings is 1. The largest absolute Gasteiger partial charge is 0.367 e. The van der Waals surface area contributed by atoms with Gasteiger partial charge in [0.05, 0.1) is 0 Å². The molecule has 5 rings (SSSR count). The summed E-state index contributed by atoms with van der Waals surface area (Å²) in [4.78, 5) is 31.7. The van der Waals surface area contributed by atoms with Gasteiger partial charge >= 0.3 is 0 Å². The van der Waals surface area contributed by atoms with Crippen molar-refractivity contribution in [2.75, 3.05) is 37.6 Å². The first-order chi connectivity index (χ1) is 15.7. The van der Waals surface area contributed by atoms with E-state index in [4.69, 9.17) is 0 Å². The number of benzene rings is 3. The highest BCUT2D eigenvalue weighted by atomic mass is 16.2. The Balaban J connectivity index is 1.19. The van der Waals surface area contributed by atoms with Gasteiger partial charge in [0.2, 0.25) is 0 Å². The second kappa shape index (κ2) is 8.87. The lowest BCUT2D eigenvalue weighted by Crippen LogP contribution is -2.50. The van der Waals surface area contributed by atoms with E-state index >= 15 is 0 Å². The molecule has 2 amide bonds. The van der Waals surface area contributed by atoms with E-state index in [1.165, 1.54) is 11.1 Å². The van der Waals surface area contributed by atoms with Crippen molar-refractivity contribution < 1.29 is 9.59 Å². The second-order valence-electron chi connectivity index (χ2n) is 8.44. The first kappa shape index (κ1) is 20.3. The second-order valence-corrected chi connectivity index (χ2v) is 8.44. The van der Waals surface area contributed by atoms with Crippen LogP contribution in [0.2, 0.25) is 0 Å². The van der Waals surface area contributed by atoms with Crippen LogP contribution < -0.4 is 4.90 Å². The lowest BCUT2D eigenvalue weighted by Gasteiger charge is -2.35. The summed E-state index contributed by atoms with van der Waals surface area (Å²) in [5.41, 5.74) is 5.36. The molecule has 1 fully saturated rings. The summed E-state index contributed by atoms with van der Waals surface area (Å²) in [6.45, 7) is 4.13. The molecule has 5 nitrogen and oxygen atoms in total. The standard InChI is InChI=1S/C27H27N3O2/c31-26(22-7-2-1-3-8-22)28-16-18-29(19-17-28)27(32)23-10-12-25(13-11-23)30-15-14-21-6-4-5-9-24(21)20-30/h1-13H,14-20H2. The van der Waals surface area contributed by atoms with Crippen molar-refractivity contribution in [3.8, 4) is 0 Å². The van der Waals surface area contributed by atoms with Gasteiger partial charge in [-0.3, -0.25) is 9.59 Å². The van der Waals surface area contributed by atoms with Gasteiger partial charge in [-0.25, -0.2) is 0 Å². The molecule has 162 valence electrons. The minimum Gasteiger partial charge on any atom is -0.367 e. The summed E-state index contributed by atoms with van der Waals surface area (Å²) < 4.78 is 0. The number of carbonyl (C=O) groups is 2. The third-order valence-electron chi connectivity index (χ3n) is 6.48. The molecule has 2 aliphatic rings. The van der Waals surface area contributed by atoms with Gasteiger partial charge in [-0.15, -0.1) is 0 Å². The normalized spacial score (nSPS) is 15.9. The van der Waals surface area contributed by atoms with Crippen molar-refractivity contribution in [2.45, 2.75) is 13.0 Å². The van der Waals surface area contributed by atoms with E-state index in [2.05, 4.69) is 41.3 Å². The summed E-state index contributed by atoms with van der Waals surface area (Å²) in [5, 5.41) is 0. The first-order valence-electron chi connectivity index (χ1n) is 11.2. The molecule has 2 aliphatic heterocycles. The van der Waals surface area contributed by atoms with Crippen molar-refractivity contribution in [2.24, 2.45) is 0 Å². The molecule has 0 aliphatic carbocycles. The summed E-state index contributed by atoms with van der Waals surface area (Å²) in [6.07, 6.45) is 1.04. The Kier molecular flexibility index (Phi) is 5.63. The van der Waals surface area contributed by atoms with Gasteiger partial charge in [-0.2, -0.15) is 0 Å². The van der Waals surface area contributed by atoms with Crippen molar-refractivity contribution in [3.05, 3.63) is 101 Å². The SMILES string of the molecule is O=C(c1ccccc1)N1CCN(C(=O)c2ccc(N3CCc4ccccc4C3)cc2)CC1. The molecule has 0 radical (unpaired) electrons. The Morgan fingerprint density at radius 3 is 1.72 bits per heavy atom. The third kappa shape index (κ3) is 4.11. The van der Waals surface area contributed by atoms with Gasteiger partial charge in [-0.05, 0) is 53.9 Å². The van der Waals surface area contributed by atoms with E-state index < -0.39 is 0 Å². The third-order valence-corrected chi connectivity index (χ3v) is 6.48. The van der Waals surface area contributed by atoms with E-state index in [1.807, 2.05) is 52.3 Å². The molecule has 3 aromatic carbocycles. The van der Waals surface area contributed by atoms with Crippen LogP contribution >= 0.6 is 0 Å². The quantitative estimate of drug-likeness (QED) is 0.640. The zero-order valence-electron chi connectivity index (χ0n) is 18.1. The monoisotopic (exact) mass is 425 g/mol. The summed E-state index contributed by atoms with van der Waals surface area (Å²) in [6, 6.07) is 25.9. The number of hydrogen-bond acceptors (Lipinski definition) is 3. The topological polar surface area (TPSA) is 43.9 Å². The van der Waals surface area contributed by atoms with E-state index in [9.17, 15) is 9.59 Å². The van der Waals surface area contributed by atoms with E-state index in [0.29, 0.717) is 37.3 Å². The summed E-state index contributed by atoms with van der Waals surface area (Å²) in [7, 11) is 0. The van der Waals surface area contributed by atoms with Crippen LogP contribution in [0.15, 0.2) is 78.9 Å². The minimum atomic E-state index is 0.0326. The fraction of sp³-hybridized carbons (Fsp3) is 0.259. The van der Waals surface area contributed by atoms with Gasteiger partial charge in [0, 0.05) is 56.1 Å². The molecular formula is C27H27N3O2. The lowest BCUT2D eigenvalue weighted by atomic mass is 9.99. The van der Waals surface area contributed by atoms with Crippen LogP contribution in [0, 0.1) is 0 Å². The van der Waals surface area contributed by atoms with Crippen molar-refractivity contribution in [1.82, 2.24) is 9.80 Å². The van der Waals surface area contributed by atoms with Crippen molar-refractivity contribution in [1.29, 1.82) is 0 Å². The fourth-order valence-electron chi connectivity index (χ4n) is 4.59. The molecular weight excluding hydrogens is 398 g/mol. The molecule has 0 unspecified atom stereocenters. The maximum absolute atomic E-state index is 13.0. The Morgan fingerprint density at radius 2 is 1.09 bits per heavy atom. The Morgan fingerprint density at radius 1 is 0.562 bits per heavy atom. The number of hydrogen-bond donors (Lipinski definition) is 0. The van der Waals surface area contributed by atoms with E-state index in [-0.39, 0.29) is 11.8 Å². The Hall–Kier alpha value is -3.60. The fourth-order valence-corrected chi connectivity index (χ4v) is 4.59. The van der Waals surface area contributed by atoms with Gasteiger partial charge in [0.25, 0.3) is 11.8 Å². The first-order valence-corrected chi connectivity index (χ1v) is 11.2. The molecule has 0 saturated carbocycles. The molecule has 0 bridgehead atoms. The van der Waals surface area contributed by atoms with Crippen LogP contribution in [0.4, 0.5) is 5.69 Å².